The summed E-state index contributed by atoms with van der Waals surface area (Å²) in [5.74, 6) is -0.0643. The quantitative estimate of drug-likeness (QED) is 0.598. The van der Waals surface area contributed by atoms with Crippen LogP contribution in [0.4, 0.5) is 11.4 Å². The number of anilines is 2. The minimum absolute atomic E-state index is 0.122. The minimum Gasteiger partial charge on any atom is -0.440 e. The van der Waals surface area contributed by atoms with Gasteiger partial charge in [-0.05, 0) is 49.6 Å². The molecular weight excluding hydrogens is 404 g/mol. The van der Waals surface area contributed by atoms with E-state index < -0.39 is 0 Å². The third-order valence-electron chi connectivity index (χ3n) is 4.22. The number of likely N-dealkylation sites (N-methyl/N-ethyl adjacent to an activating group) is 1. The fourth-order valence-electron chi connectivity index (χ4n) is 2.79. The van der Waals surface area contributed by atoms with Gasteiger partial charge in [0, 0.05) is 24.8 Å². The highest BCUT2D eigenvalue weighted by atomic mass is 32.1. The molecule has 0 aliphatic heterocycles. The molecule has 0 saturated carbocycles. The van der Waals surface area contributed by atoms with Gasteiger partial charge < -0.3 is 20.0 Å². The van der Waals surface area contributed by atoms with Crippen molar-refractivity contribution in [2.45, 2.75) is 20.8 Å². The number of nitrogens with one attached hydrogen (secondary N) is 2. The van der Waals surface area contributed by atoms with Crippen molar-refractivity contribution in [2.24, 2.45) is 0 Å². The molecule has 0 aliphatic rings. The van der Waals surface area contributed by atoms with Crippen LogP contribution in [0.3, 0.4) is 0 Å². The number of hydrogen-bond acceptors (Lipinski definition) is 6. The average Bonchev–Trinajstić information content (AvgIpc) is 3.36. The number of carbonyl (C=O) groups is 3. The van der Waals surface area contributed by atoms with Crippen LogP contribution in [0.2, 0.25) is 0 Å². The first-order chi connectivity index (χ1) is 14.4. The van der Waals surface area contributed by atoms with E-state index in [9.17, 15) is 14.4 Å². The zero-order valence-corrected chi connectivity index (χ0v) is 17.7. The summed E-state index contributed by atoms with van der Waals surface area (Å²) in [6.07, 6.45) is 0. The summed E-state index contributed by atoms with van der Waals surface area (Å²) in [4.78, 5) is 43.0. The van der Waals surface area contributed by atoms with Crippen LogP contribution >= 0.6 is 11.3 Å². The lowest BCUT2D eigenvalue weighted by Gasteiger charge is -2.19. The van der Waals surface area contributed by atoms with Gasteiger partial charge in [-0.2, -0.15) is 0 Å². The van der Waals surface area contributed by atoms with Gasteiger partial charge in [0.2, 0.25) is 17.7 Å². The Balaban J connectivity index is 1.65. The highest BCUT2D eigenvalue weighted by Gasteiger charge is 2.24. The smallest absolute Gasteiger partial charge is 0.276 e. The molecule has 2 heterocycles. The molecule has 0 atom stereocenters. The van der Waals surface area contributed by atoms with E-state index in [-0.39, 0.29) is 30.0 Å². The van der Waals surface area contributed by atoms with Crippen molar-refractivity contribution in [1.82, 2.24) is 9.88 Å². The van der Waals surface area contributed by atoms with Gasteiger partial charge in [-0.3, -0.25) is 14.4 Å². The van der Waals surface area contributed by atoms with Crippen molar-refractivity contribution >= 4 is 40.4 Å². The molecule has 3 amide bonds. The number of rotatable bonds is 7. The van der Waals surface area contributed by atoms with E-state index in [0.717, 1.165) is 4.88 Å². The third kappa shape index (κ3) is 5.12. The van der Waals surface area contributed by atoms with Crippen molar-refractivity contribution in [1.29, 1.82) is 0 Å². The molecule has 0 saturated heterocycles. The number of aromatic nitrogens is 1. The summed E-state index contributed by atoms with van der Waals surface area (Å²) in [6, 6.07) is 10.5. The van der Waals surface area contributed by atoms with Gasteiger partial charge in [-0.15, -0.1) is 11.3 Å². The molecule has 9 heteroatoms. The van der Waals surface area contributed by atoms with E-state index in [1.165, 1.54) is 23.2 Å². The Bertz CT molecular complexity index is 1040. The molecule has 2 aromatic heterocycles. The number of carbonyl (C=O) groups excluding carboxylic acids is 3. The molecule has 0 fully saturated rings. The van der Waals surface area contributed by atoms with Crippen LogP contribution in [-0.4, -0.2) is 40.7 Å². The Labute approximate surface area is 177 Å². The summed E-state index contributed by atoms with van der Waals surface area (Å²) in [6.45, 7) is 5.12. The van der Waals surface area contributed by atoms with Crippen molar-refractivity contribution in [3.63, 3.8) is 0 Å². The van der Waals surface area contributed by atoms with Crippen LogP contribution in [0, 0.1) is 6.92 Å². The van der Waals surface area contributed by atoms with Crippen molar-refractivity contribution < 1.29 is 18.8 Å². The van der Waals surface area contributed by atoms with Crippen LogP contribution in [0.1, 0.15) is 30.1 Å². The van der Waals surface area contributed by atoms with E-state index in [0.29, 0.717) is 29.6 Å². The first kappa shape index (κ1) is 21.3. The third-order valence-corrected chi connectivity index (χ3v) is 5.08. The van der Waals surface area contributed by atoms with E-state index in [1.54, 1.807) is 38.1 Å². The van der Waals surface area contributed by atoms with Crippen molar-refractivity contribution in [3.05, 3.63) is 53.2 Å². The molecule has 0 unspecified atom stereocenters. The van der Waals surface area contributed by atoms with Gasteiger partial charge in [0.1, 0.15) is 12.3 Å². The molecule has 3 rings (SSSR count). The molecule has 2 N–H and O–H groups in total. The number of nitrogens with zero attached hydrogens (tertiary/aromatic N) is 2. The minimum atomic E-state index is -0.363. The molecule has 0 bridgehead atoms. The van der Waals surface area contributed by atoms with Gasteiger partial charge in [-0.25, -0.2) is 4.98 Å². The van der Waals surface area contributed by atoms with E-state index in [1.807, 2.05) is 17.5 Å². The van der Waals surface area contributed by atoms with Crippen molar-refractivity contribution in [2.75, 3.05) is 23.7 Å². The predicted octanol–water partition coefficient (Wildman–Crippen LogP) is 3.77. The van der Waals surface area contributed by atoms with Crippen LogP contribution in [0.5, 0.6) is 0 Å². The Morgan fingerprint density at radius 3 is 2.33 bits per heavy atom. The largest absolute Gasteiger partial charge is 0.440 e. The number of thiophene rings is 1. The number of aryl methyl sites for hydroxylation is 1. The SMILES string of the molecule is CCN(CC(=O)Nc1ccc(NC(C)=O)cc1)C(=O)c1nc(-c2cccs2)oc1C. The summed E-state index contributed by atoms with van der Waals surface area (Å²) >= 11 is 1.47. The van der Waals surface area contributed by atoms with Gasteiger partial charge in [0.25, 0.3) is 5.91 Å². The number of benzene rings is 1. The summed E-state index contributed by atoms with van der Waals surface area (Å²) in [5.41, 5.74) is 1.40. The highest BCUT2D eigenvalue weighted by Crippen LogP contribution is 2.26. The van der Waals surface area contributed by atoms with Gasteiger partial charge in [0.05, 0.1) is 4.88 Å². The van der Waals surface area contributed by atoms with E-state index in [2.05, 4.69) is 15.6 Å². The first-order valence-electron chi connectivity index (χ1n) is 9.35. The lowest BCUT2D eigenvalue weighted by Crippen LogP contribution is -2.38. The molecule has 0 radical (unpaired) electrons. The number of oxazole rings is 1. The van der Waals surface area contributed by atoms with Crippen LogP contribution in [0.25, 0.3) is 10.8 Å². The highest BCUT2D eigenvalue weighted by molar-refractivity contribution is 7.13. The van der Waals surface area contributed by atoms with E-state index >= 15 is 0 Å². The number of amides is 3. The summed E-state index contributed by atoms with van der Waals surface area (Å²) in [7, 11) is 0. The Morgan fingerprint density at radius 2 is 1.77 bits per heavy atom. The Hall–Kier alpha value is -3.46. The zero-order valence-electron chi connectivity index (χ0n) is 16.9. The number of hydrogen-bond donors (Lipinski definition) is 2. The standard InChI is InChI=1S/C21H22N4O4S/c1-4-25(12-18(27)23-16-9-7-15(8-10-16)22-14(3)26)21(28)19-13(2)29-20(24-19)17-6-5-11-30-17/h5-11H,4,12H2,1-3H3,(H,22,26)(H,23,27). The monoisotopic (exact) mass is 426 g/mol. The fraction of sp³-hybridized carbons (Fsp3) is 0.238. The Morgan fingerprint density at radius 1 is 1.10 bits per heavy atom. The molecule has 3 aromatic rings. The molecule has 0 aliphatic carbocycles. The molecule has 0 spiro atoms. The topological polar surface area (TPSA) is 105 Å². The maximum atomic E-state index is 12.9. The normalized spacial score (nSPS) is 10.5. The lowest BCUT2D eigenvalue weighted by atomic mass is 10.2. The van der Waals surface area contributed by atoms with Gasteiger partial charge in [0.15, 0.2) is 5.69 Å². The predicted molar refractivity (Wildman–Crippen MR) is 116 cm³/mol. The maximum absolute atomic E-state index is 12.9. The molecule has 1 aromatic carbocycles. The van der Waals surface area contributed by atoms with E-state index in [4.69, 9.17) is 4.42 Å². The first-order valence-corrected chi connectivity index (χ1v) is 10.2. The second-order valence-corrected chi connectivity index (χ2v) is 7.47. The molecule has 8 nitrogen and oxygen atoms in total. The molecular formula is C21H22N4O4S. The van der Waals surface area contributed by atoms with Crippen molar-refractivity contribution in [3.8, 4) is 10.8 Å². The lowest BCUT2D eigenvalue weighted by molar-refractivity contribution is -0.117. The second kappa shape index (κ2) is 9.36. The Kier molecular flexibility index (Phi) is 6.63. The fourth-order valence-corrected chi connectivity index (χ4v) is 3.44. The van der Waals surface area contributed by atoms with Crippen LogP contribution in [0.15, 0.2) is 46.2 Å². The van der Waals surface area contributed by atoms with Crippen LogP contribution < -0.4 is 10.6 Å². The molecule has 30 heavy (non-hydrogen) atoms. The van der Waals surface area contributed by atoms with Gasteiger partial charge in [-0.1, -0.05) is 6.07 Å². The molecule has 156 valence electrons. The maximum Gasteiger partial charge on any atom is 0.276 e. The van der Waals surface area contributed by atoms with Crippen LogP contribution in [-0.2, 0) is 9.59 Å². The second-order valence-electron chi connectivity index (χ2n) is 6.53. The zero-order chi connectivity index (χ0) is 21.7. The average molecular weight is 426 g/mol. The summed E-state index contributed by atoms with van der Waals surface area (Å²) < 4.78 is 5.64. The van der Waals surface area contributed by atoms with Gasteiger partial charge >= 0.3 is 0 Å². The summed E-state index contributed by atoms with van der Waals surface area (Å²) in [5, 5.41) is 7.31.